The average molecular weight is 490 g/mol. The second-order valence-corrected chi connectivity index (χ2v) is 9.34. The summed E-state index contributed by atoms with van der Waals surface area (Å²) in [5.41, 5.74) is 3.58. The highest BCUT2D eigenvalue weighted by molar-refractivity contribution is 5.87. The summed E-state index contributed by atoms with van der Waals surface area (Å²) in [5.74, 6) is -0.121. The number of nitrogens with zero attached hydrogens (tertiary/aromatic N) is 4. The molecule has 5 rings (SSSR count). The van der Waals surface area contributed by atoms with E-state index in [9.17, 15) is 14.7 Å². The van der Waals surface area contributed by atoms with Crippen molar-refractivity contribution in [2.45, 2.75) is 31.6 Å². The summed E-state index contributed by atoms with van der Waals surface area (Å²) in [6.45, 7) is 2.82. The highest BCUT2D eigenvalue weighted by Gasteiger charge is 2.32. The van der Waals surface area contributed by atoms with Gasteiger partial charge in [0, 0.05) is 50.0 Å². The number of ether oxygens (including phenoxy) is 1. The first kappa shape index (κ1) is 23.8. The molecule has 2 N–H and O–H groups in total. The van der Waals surface area contributed by atoms with Gasteiger partial charge in [-0.1, -0.05) is 12.1 Å². The third-order valence-electron chi connectivity index (χ3n) is 7.04. The van der Waals surface area contributed by atoms with Gasteiger partial charge in [-0.15, -0.1) is 0 Å². The minimum Gasteiger partial charge on any atom is -0.496 e. The summed E-state index contributed by atoms with van der Waals surface area (Å²) >= 11 is 0. The number of benzene rings is 1. The standard InChI is InChI=1S/C27H31N5O4/c1-36-24-10-12-28-23-16-19(7-9-21(23)24)22(26(33)34)17-32-15-14-31(27(32)35)13-3-5-20-8-6-18-4-2-11-29-25(18)30-20/h6-10,12,16,22H,2-5,11,13-15,17H2,1H3,(H,29,30)(H,33,34)/t22-/m1/s1. The van der Waals surface area contributed by atoms with Crippen LogP contribution in [0.3, 0.4) is 0 Å². The molecule has 9 heteroatoms. The fourth-order valence-electron chi connectivity index (χ4n) is 5.05. The molecule has 188 valence electrons. The number of amides is 2. The highest BCUT2D eigenvalue weighted by Crippen LogP contribution is 2.28. The van der Waals surface area contributed by atoms with Crippen molar-refractivity contribution in [2.24, 2.45) is 0 Å². The Morgan fingerprint density at radius 1 is 1.19 bits per heavy atom. The number of anilines is 1. The summed E-state index contributed by atoms with van der Waals surface area (Å²) in [6, 6.07) is 11.3. The maximum absolute atomic E-state index is 13.0. The van der Waals surface area contributed by atoms with E-state index in [4.69, 9.17) is 9.72 Å². The minimum absolute atomic E-state index is 0.109. The van der Waals surface area contributed by atoms with Crippen molar-refractivity contribution in [3.8, 4) is 5.75 Å². The number of pyridine rings is 2. The van der Waals surface area contributed by atoms with Crippen LogP contribution in [0.2, 0.25) is 0 Å². The predicted octanol–water partition coefficient (Wildman–Crippen LogP) is 3.54. The molecule has 1 fully saturated rings. The van der Waals surface area contributed by atoms with Gasteiger partial charge >= 0.3 is 12.0 Å². The van der Waals surface area contributed by atoms with Crippen molar-refractivity contribution in [2.75, 3.05) is 45.2 Å². The molecule has 1 aromatic carbocycles. The van der Waals surface area contributed by atoms with Crippen LogP contribution in [-0.2, 0) is 17.6 Å². The molecule has 0 bridgehead atoms. The van der Waals surface area contributed by atoms with Crippen LogP contribution in [0, 0.1) is 0 Å². The van der Waals surface area contributed by atoms with Crippen LogP contribution in [-0.4, -0.2) is 76.7 Å². The number of fused-ring (bicyclic) bond motifs is 2. The second-order valence-electron chi connectivity index (χ2n) is 9.34. The zero-order valence-electron chi connectivity index (χ0n) is 20.4. The molecular formula is C27H31N5O4. The Kier molecular flexibility index (Phi) is 6.88. The van der Waals surface area contributed by atoms with Crippen molar-refractivity contribution in [1.82, 2.24) is 19.8 Å². The number of aliphatic carboxylic acids is 1. The fourth-order valence-corrected chi connectivity index (χ4v) is 5.05. The molecule has 3 aromatic rings. The second kappa shape index (κ2) is 10.4. The molecule has 1 atom stereocenters. The van der Waals surface area contributed by atoms with Gasteiger partial charge in [0.1, 0.15) is 11.6 Å². The lowest BCUT2D eigenvalue weighted by Gasteiger charge is -2.22. The lowest BCUT2D eigenvalue weighted by Crippen LogP contribution is -2.36. The van der Waals surface area contributed by atoms with Crippen LogP contribution in [0.1, 0.15) is 35.6 Å². The first-order valence-electron chi connectivity index (χ1n) is 12.5. The number of carboxylic acid groups (broad SMARTS) is 1. The highest BCUT2D eigenvalue weighted by atomic mass is 16.5. The molecule has 2 aliphatic heterocycles. The monoisotopic (exact) mass is 489 g/mol. The first-order chi connectivity index (χ1) is 17.5. The maximum atomic E-state index is 13.0. The third-order valence-corrected chi connectivity index (χ3v) is 7.04. The van der Waals surface area contributed by atoms with Crippen molar-refractivity contribution >= 4 is 28.7 Å². The molecule has 2 amide bonds. The molecule has 0 unspecified atom stereocenters. The lowest BCUT2D eigenvalue weighted by atomic mass is 9.97. The quantitative estimate of drug-likeness (QED) is 0.473. The number of hydrogen-bond donors (Lipinski definition) is 2. The van der Waals surface area contributed by atoms with Crippen LogP contribution < -0.4 is 10.1 Å². The zero-order chi connectivity index (χ0) is 25.1. The molecule has 0 saturated carbocycles. The van der Waals surface area contributed by atoms with Gasteiger partial charge in [-0.25, -0.2) is 9.78 Å². The van der Waals surface area contributed by atoms with Gasteiger partial charge in [-0.2, -0.15) is 0 Å². The van der Waals surface area contributed by atoms with Crippen LogP contribution in [0.15, 0.2) is 42.6 Å². The number of carboxylic acids is 1. The number of carbonyl (C=O) groups excluding carboxylic acids is 1. The molecule has 4 heterocycles. The van der Waals surface area contributed by atoms with E-state index >= 15 is 0 Å². The molecule has 9 nitrogen and oxygen atoms in total. The Bertz CT molecular complexity index is 1280. The summed E-state index contributed by atoms with van der Waals surface area (Å²) in [7, 11) is 1.59. The van der Waals surface area contributed by atoms with Gasteiger partial charge in [-0.3, -0.25) is 9.78 Å². The SMILES string of the molecule is COc1ccnc2cc([C@@H](CN3CCN(CCCc4ccc5c(n4)NCCC5)C3=O)C(=O)O)ccc12. The van der Waals surface area contributed by atoms with Gasteiger partial charge in [0.2, 0.25) is 0 Å². The van der Waals surface area contributed by atoms with Crippen molar-refractivity contribution in [3.05, 3.63) is 59.4 Å². The number of aromatic nitrogens is 2. The van der Waals surface area contributed by atoms with E-state index in [1.165, 1.54) is 5.56 Å². The van der Waals surface area contributed by atoms with E-state index in [1.807, 2.05) is 11.0 Å². The largest absolute Gasteiger partial charge is 0.496 e. The van der Waals surface area contributed by atoms with Crippen LogP contribution in [0.25, 0.3) is 10.9 Å². The average Bonchev–Trinajstić information content (AvgIpc) is 3.25. The predicted molar refractivity (Wildman–Crippen MR) is 137 cm³/mol. The molecule has 2 aromatic heterocycles. The lowest BCUT2D eigenvalue weighted by molar-refractivity contribution is -0.139. The third kappa shape index (κ3) is 4.91. The van der Waals surface area contributed by atoms with Crippen molar-refractivity contribution < 1.29 is 19.4 Å². The Morgan fingerprint density at radius 2 is 2.06 bits per heavy atom. The summed E-state index contributed by atoms with van der Waals surface area (Å²) in [5, 5.41) is 14.1. The van der Waals surface area contributed by atoms with E-state index in [1.54, 1.807) is 36.4 Å². The molecular weight excluding hydrogens is 458 g/mol. The summed E-state index contributed by atoms with van der Waals surface area (Å²) < 4.78 is 5.37. The normalized spacial score (nSPS) is 16.1. The van der Waals surface area contributed by atoms with Gasteiger partial charge in [0.25, 0.3) is 0 Å². The fraction of sp³-hybridized carbons (Fsp3) is 0.407. The van der Waals surface area contributed by atoms with Crippen LogP contribution in [0.4, 0.5) is 10.6 Å². The number of hydrogen-bond acceptors (Lipinski definition) is 6. The molecule has 2 aliphatic rings. The number of carbonyl (C=O) groups is 2. The maximum Gasteiger partial charge on any atom is 0.320 e. The van der Waals surface area contributed by atoms with E-state index in [0.29, 0.717) is 36.5 Å². The Labute approximate surface area is 210 Å². The molecule has 36 heavy (non-hydrogen) atoms. The van der Waals surface area contributed by atoms with E-state index in [0.717, 1.165) is 49.1 Å². The van der Waals surface area contributed by atoms with Crippen molar-refractivity contribution in [3.63, 3.8) is 0 Å². The molecule has 0 spiro atoms. The smallest absolute Gasteiger partial charge is 0.320 e. The van der Waals surface area contributed by atoms with Crippen LogP contribution in [0.5, 0.6) is 5.75 Å². The van der Waals surface area contributed by atoms with Crippen LogP contribution >= 0.6 is 0 Å². The first-order valence-corrected chi connectivity index (χ1v) is 12.5. The Balaban J connectivity index is 1.20. The molecule has 0 radical (unpaired) electrons. The number of methoxy groups -OCH3 is 1. The van der Waals surface area contributed by atoms with E-state index < -0.39 is 11.9 Å². The van der Waals surface area contributed by atoms with Crippen molar-refractivity contribution in [1.29, 1.82) is 0 Å². The number of rotatable bonds is 9. The number of aryl methyl sites for hydroxylation is 2. The van der Waals surface area contributed by atoms with Gasteiger partial charge in [0.15, 0.2) is 0 Å². The number of urea groups is 1. The Morgan fingerprint density at radius 3 is 2.89 bits per heavy atom. The van der Waals surface area contributed by atoms with Gasteiger partial charge < -0.3 is 25.0 Å². The Hall–Kier alpha value is -3.88. The number of nitrogens with one attached hydrogen (secondary N) is 1. The topological polar surface area (TPSA) is 108 Å². The minimum atomic E-state index is -0.962. The molecule has 0 aliphatic carbocycles. The van der Waals surface area contributed by atoms with Gasteiger partial charge in [0.05, 0.1) is 18.5 Å². The summed E-state index contributed by atoms with van der Waals surface area (Å²) in [6.07, 6.45) is 5.44. The van der Waals surface area contributed by atoms with E-state index in [-0.39, 0.29) is 12.6 Å². The summed E-state index contributed by atoms with van der Waals surface area (Å²) in [4.78, 5) is 37.7. The zero-order valence-corrected chi connectivity index (χ0v) is 20.4. The van der Waals surface area contributed by atoms with E-state index in [2.05, 4.69) is 22.4 Å². The van der Waals surface area contributed by atoms with Gasteiger partial charge in [-0.05, 0) is 61.1 Å². The molecule has 1 saturated heterocycles.